The third kappa shape index (κ3) is 6.08. The van der Waals surface area contributed by atoms with E-state index in [1.165, 1.54) is 12.1 Å². The summed E-state index contributed by atoms with van der Waals surface area (Å²) in [5.74, 6) is -3.70. The van der Waals surface area contributed by atoms with Gasteiger partial charge in [-0.25, -0.2) is 4.79 Å². The van der Waals surface area contributed by atoms with Gasteiger partial charge in [-0.1, -0.05) is 0 Å². The van der Waals surface area contributed by atoms with Gasteiger partial charge < -0.3 is 38.6 Å². The maximum Gasteiger partial charge on any atom is 0.339 e. The fourth-order valence-electron chi connectivity index (χ4n) is 3.06. The summed E-state index contributed by atoms with van der Waals surface area (Å²) in [6.45, 7) is 2.79. The molecule has 2 N–H and O–H groups in total. The van der Waals surface area contributed by atoms with Crippen molar-refractivity contribution in [3.63, 3.8) is 0 Å². The van der Waals surface area contributed by atoms with E-state index in [0.29, 0.717) is 0 Å². The third-order valence-electron chi connectivity index (χ3n) is 4.31. The van der Waals surface area contributed by atoms with E-state index in [1.807, 2.05) is 0 Å². The van der Waals surface area contributed by atoms with Crippen LogP contribution in [0, 0.1) is 0 Å². The highest BCUT2D eigenvalue weighted by molar-refractivity contribution is 5.77. The van der Waals surface area contributed by atoms with Gasteiger partial charge in [0.15, 0.2) is 18.3 Å². The number of esters is 4. The molecule has 1 fully saturated rings. The van der Waals surface area contributed by atoms with E-state index >= 15 is 0 Å². The van der Waals surface area contributed by atoms with Crippen LogP contribution in [0.2, 0.25) is 0 Å². The van der Waals surface area contributed by atoms with Crippen LogP contribution in [0.4, 0.5) is 0 Å². The van der Waals surface area contributed by atoms with Crippen molar-refractivity contribution in [2.24, 2.45) is 0 Å². The molecule has 1 aliphatic heterocycles. The van der Waals surface area contributed by atoms with Gasteiger partial charge in [-0.3, -0.25) is 14.4 Å². The second kappa shape index (κ2) is 10.8. The first-order valence-electron chi connectivity index (χ1n) is 9.41. The maximum atomic E-state index is 12.3. The van der Waals surface area contributed by atoms with Gasteiger partial charge in [0.05, 0.1) is 13.7 Å². The second-order valence-corrected chi connectivity index (χ2v) is 6.74. The van der Waals surface area contributed by atoms with Crippen LogP contribution < -0.4 is 4.74 Å². The van der Waals surface area contributed by atoms with Crippen LogP contribution in [0.15, 0.2) is 18.2 Å². The lowest BCUT2D eigenvalue weighted by Gasteiger charge is -2.43. The lowest BCUT2D eigenvalue weighted by atomic mass is 9.97. The molecule has 1 aromatic rings. The van der Waals surface area contributed by atoms with Crippen LogP contribution in [0.1, 0.15) is 26.3 Å². The summed E-state index contributed by atoms with van der Waals surface area (Å²) in [7, 11) is 1.07. The van der Waals surface area contributed by atoms with Gasteiger partial charge in [-0.05, 0) is 12.1 Å². The predicted octanol–water partition coefficient (Wildman–Crippen LogP) is -0.0437. The van der Waals surface area contributed by atoms with Crippen LogP contribution in [0.25, 0.3) is 0 Å². The zero-order valence-corrected chi connectivity index (χ0v) is 17.8. The number of aliphatic hydroxyl groups is 1. The van der Waals surface area contributed by atoms with Crippen molar-refractivity contribution in [3.8, 4) is 11.5 Å². The van der Waals surface area contributed by atoms with Crippen molar-refractivity contribution >= 4 is 23.9 Å². The van der Waals surface area contributed by atoms with E-state index in [-0.39, 0.29) is 17.1 Å². The molecule has 1 aromatic carbocycles. The quantitative estimate of drug-likeness (QED) is 0.416. The van der Waals surface area contributed by atoms with Gasteiger partial charge in [0.1, 0.15) is 11.5 Å². The number of aromatic hydroxyl groups is 1. The molecule has 176 valence electrons. The highest BCUT2D eigenvalue weighted by Crippen LogP contribution is 2.32. The molecule has 0 amide bonds. The number of aliphatic hydroxyl groups excluding tert-OH is 1. The first-order chi connectivity index (χ1) is 15.1. The van der Waals surface area contributed by atoms with Crippen LogP contribution in [0.3, 0.4) is 0 Å². The highest BCUT2D eigenvalue weighted by atomic mass is 16.7. The Hall–Kier alpha value is -3.38. The van der Waals surface area contributed by atoms with Gasteiger partial charge in [0.2, 0.25) is 12.4 Å². The number of rotatable bonds is 7. The van der Waals surface area contributed by atoms with Crippen molar-refractivity contribution in [2.75, 3.05) is 7.11 Å². The molecule has 32 heavy (non-hydrogen) atoms. The Labute approximate surface area is 182 Å². The van der Waals surface area contributed by atoms with Gasteiger partial charge in [-0.15, -0.1) is 0 Å². The number of benzene rings is 1. The van der Waals surface area contributed by atoms with Crippen LogP contribution in [-0.4, -0.2) is 71.9 Å². The highest BCUT2D eigenvalue weighted by Gasteiger charge is 2.55. The zero-order chi connectivity index (χ0) is 24.0. The molecule has 0 saturated carbocycles. The SMILES string of the molecule is COC(=O)C1OC(Oc2ccc(CO)c(O)c2)C(OC(C)=O)C(OC(C)=O)C1OC(C)=O. The third-order valence-corrected chi connectivity index (χ3v) is 4.31. The number of carbonyl (C=O) groups is 4. The summed E-state index contributed by atoms with van der Waals surface area (Å²) >= 11 is 0. The first kappa shape index (κ1) is 24.9. The molecule has 0 spiro atoms. The summed E-state index contributed by atoms with van der Waals surface area (Å²) < 4.78 is 31.6. The molecule has 5 unspecified atom stereocenters. The lowest BCUT2D eigenvalue weighted by molar-refractivity contribution is -0.282. The van der Waals surface area contributed by atoms with Crippen molar-refractivity contribution in [1.29, 1.82) is 0 Å². The number of carbonyl (C=O) groups excluding carboxylic acids is 4. The van der Waals surface area contributed by atoms with E-state index in [4.69, 9.17) is 28.4 Å². The largest absolute Gasteiger partial charge is 0.507 e. The Bertz CT molecular complexity index is 866. The molecule has 1 aliphatic rings. The standard InChI is InChI=1S/C20H24O12/c1-9(22)28-15-16(29-10(2)23)18(30-11(3)24)20(32-17(15)19(26)27-4)31-13-6-5-12(8-21)14(25)7-13/h5-7,15-18,20-21,25H,8H2,1-4H3. The Kier molecular flexibility index (Phi) is 8.38. The van der Waals surface area contributed by atoms with Crippen molar-refractivity contribution in [2.45, 2.75) is 58.1 Å². The van der Waals surface area contributed by atoms with Crippen LogP contribution in [-0.2, 0) is 49.5 Å². The Morgan fingerprint density at radius 3 is 2.00 bits per heavy atom. The Balaban J connectivity index is 2.50. The fourth-order valence-corrected chi connectivity index (χ4v) is 3.06. The molecule has 0 aromatic heterocycles. The number of hydrogen-bond acceptors (Lipinski definition) is 12. The normalized spacial score (nSPS) is 24.7. The van der Waals surface area contributed by atoms with Crippen molar-refractivity contribution in [3.05, 3.63) is 23.8 Å². The minimum absolute atomic E-state index is 0.0120. The smallest absolute Gasteiger partial charge is 0.339 e. The summed E-state index contributed by atoms with van der Waals surface area (Å²) in [5, 5.41) is 19.1. The molecular weight excluding hydrogens is 432 g/mol. The number of phenols is 1. The van der Waals surface area contributed by atoms with Crippen molar-refractivity contribution in [1.82, 2.24) is 0 Å². The molecule has 5 atom stereocenters. The van der Waals surface area contributed by atoms with E-state index in [2.05, 4.69) is 0 Å². The topological polar surface area (TPSA) is 164 Å². The monoisotopic (exact) mass is 456 g/mol. The molecule has 2 rings (SSSR count). The minimum atomic E-state index is -1.60. The Morgan fingerprint density at radius 1 is 0.938 bits per heavy atom. The molecule has 0 bridgehead atoms. The average molecular weight is 456 g/mol. The lowest BCUT2D eigenvalue weighted by Crippen LogP contribution is -2.64. The first-order valence-corrected chi connectivity index (χ1v) is 9.41. The van der Waals surface area contributed by atoms with E-state index < -0.39 is 61.2 Å². The average Bonchev–Trinajstić information content (AvgIpc) is 2.70. The fraction of sp³-hybridized carbons (Fsp3) is 0.500. The summed E-state index contributed by atoms with van der Waals surface area (Å²) in [6, 6.07) is 3.91. The van der Waals surface area contributed by atoms with Gasteiger partial charge in [0.25, 0.3) is 0 Å². The summed E-state index contributed by atoms with van der Waals surface area (Å²) in [5.41, 5.74) is 0.221. The molecular formula is C20H24O12. The van der Waals surface area contributed by atoms with E-state index in [0.717, 1.165) is 33.9 Å². The van der Waals surface area contributed by atoms with Crippen LogP contribution >= 0.6 is 0 Å². The van der Waals surface area contributed by atoms with Crippen LogP contribution in [0.5, 0.6) is 11.5 Å². The summed E-state index contributed by atoms with van der Waals surface area (Å²) in [4.78, 5) is 47.5. The number of hydrogen-bond donors (Lipinski definition) is 2. The predicted molar refractivity (Wildman–Crippen MR) is 102 cm³/mol. The molecule has 0 aliphatic carbocycles. The molecule has 0 radical (unpaired) electrons. The Morgan fingerprint density at radius 2 is 1.50 bits per heavy atom. The second-order valence-electron chi connectivity index (χ2n) is 6.74. The van der Waals surface area contributed by atoms with Gasteiger partial charge in [-0.2, -0.15) is 0 Å². The minimum Gasteiger partial charge on any atom is -0.507 e. The van der Waals surface area contributed by atoms with Gasteiger partial charge >= 0.3 is 23.9 Å². The molecule has 12 heteroatoms. The molecule has 12 nitrogen and oxygen atoms in total. The number of methoxy groups -OCH3 is 1. The summed E-state index contributed by atoms with van der Waals surface area (Å²) in [6.07, 6.45) is -7.62. The number of ether oxygens (including phenoxy) is 6. The molecule has 1 saturated heterocycles. The van der Waals surface area contributed by atoms with E-state index in [1.54, 1.807) is 0 Å². The molecule has 1 heterocycles. The van der Waals surface area contributed by atoms with Gasteiger partial charge in [0, 0.05) is 32.4 Å². The maximum absolute atomic E-state index is 12.3. The zero-order valence-electron chi connectivity index (χ0n) is 17.8. The van der Waals surface area contributed by atoms with E-state index in [9.17, 15) is 29.4 Å². The van der Waals surface area contributed by atoms with Crippen molar-refractivity contribution < 1.29 is 57.8 Å².